The molecule has 7 nitrogen and oxygen atoms in total. The van der Waals surface area contributed by atoms with E-state index in [1.54, 1.807) is 0 Å². The van der Waals surface area contributed by atoms with Gasteiger partial charge < -0.3 is 14.9 Å². The average Bonchev–Trinajstić information content (AvgIpc) is 2.46. The van der Waals surface area contributed by atoms with Crippen molar-refractivity contribution < 1.29 is 28.2 Å². The molecule has 1 aliphatic heterocycles. The summed E-state index contributed by atoms with van der Waals surface area (Å²) in [6.07, 6.45) is 0.268. The Labute approximate surface area is 122 Å². The van der Waals surface area contributed by atoms with E-state index in [1.165, 1.54) is 23.5 Å². The van der Waals surface area contributed by atoms with E-state index in [0.29, 0.717) is 12.8 Å². The van der Waals surface area contributed by atoms with E-state index < -0.39 is 22.1 Å². The molecule has 2 rings (SSSR count). The van der Waals surface area contributed by atoms with Gasteiger partial charge in [0.1, 0.15) is 11.3 Å². The molecule has 0 spiro atoms. The van der Waals surface area contributed by atoms with Crippen LogP contribution in [0.5, 0.6) is 5.75 Å². The second-order valence-corrected chi connectivity index (χ2v) is 6.74. The molecule has 116 valence electrons. The quantitative estimate of drug-likeness (QED) is 0.840. The molecule has 0 aromatic heterocycles. The van der Waals surface area contributed by atoms with Crippen molar-refractivity contribution in [2.75, 3.05) is 20.2 Å². The first-order chi connectivity index (χ1) is 9.86. The number of nitrogens with zero attached hydrogens (tertiary/aromatic N) is 1. The van der Waals surface area contributed by atoms with Crippen molar-refractivity contribution in [3.63, 3.8) is 0 Å². The summed E-state index contributed by atoms with van der Waals surface area (Å²) in [6, 6.07) is 3.75. The average molecular weight is 315 g/mol. The number of piperidine rings is 1. The largest absolute Gasteiger partial charge is 0.496 e. The molecule has 8 heteroatoms. The van der Waals surface area contributed by atoms with Crippen LogP contribution in [0.1, 0.15) is 23.2 Å². The predicted octanol–water partition coefficient (Wildman–Crippen LogP) is 0.539. The van der Waals surface area contributed by atoms with Crippen LogP contribution in [0.3, 0.4) is 0 Å². The van der Waals surface area contributed by atoms with Gasteiger partial charge in [-0.25, -0.2) is 13.2 Å². The molecular weight excluding hydrogens is 298 g/mol. The molecule has 0 atom stereocenters. The Morgan fingerprint density at radius 1 is 1.33 bits per heavy atom. The van der Waals surface area contributed by atoms with Crippen LogP contribution in [0.15, 0.2) is 23.1 Å². The summed E-state index contributed by atoms with van der Waals surface area (Å²) in [5, 5.41) is 18.5. The molecule has 1 heterocycles. The third-order valence-corrected chi connectivity index (χ3v) is 5.36. The van der Waals surface area contributed by atoms with E-state index in [9.17, 15) is 18.3 Å². The van der Waals surface area contributed by atoms with Crippen molar-refractivity contribution in [2.45, 2.75) is 23.8 Å². The molecule has 2 N–H and O–H groups in total. The van der Waals surface area contributed by atoms with Crippen molar-refractivity contribution in [2.24, 2.45) is 0 Å². The molecule has 1 saturated heterocycles. The summed E-state index contributed by atoms with van der Waals surface area (Å²) in [5.41, 5.74) is -0.199. The first-order valence-corrected chi connectivity index (χ1v) is 7.90. The van der Waals surface area contributed by atoms with E-state index in [2.05, 4.69) is 0 Å². The molecule has 0 bridgehead atoms. The van der Waals surface area contributed by atoms with Crippen LogP contribution in [0, 0.1) is 0 Å². The van der Waals surface area contributed by atoms with Crippen LogP contribution in [0.25, 0.3) is 0 Å². The smallest absolute Gasteiger partial charge is 0.339 e. The van der Waals surface area contributed by atoms with Crippen LogP contribution in [-0.4, -0.2) is 55.2 Å². The van der Waals surface area contributed by atoms with Gasteiger partial charge in [-0.15, -0.1) is 0 Å². The van der Waals surface area contributed by atoms with Gasteiger partial charge in [0.15, 0.2) is 0 Å². The number of rotatable bonds is 4. The number of ether oxygens (including phenoxy) is 1. The van der Waals surface area contributed by atoms with Crippen LogP contribution in [-0.2, 0) is 10.0 Å². The van der Waals surface area contributed by atoms with E-state index in [0.717, 1.165) is 6.07 Å². The minimum absolute atomic E-state index is 0.0860. The Balaban J connectivity index is 2.36. The molecule has 1 aliphatic rings. The van der Waals surface area contributed by atoms with Crippen molar-refractivity contribution in [3.05, 3.63) is 23.8 Å². The number of carboxylic acid groups (broad SMARTS) is 1. The highest BCUT2D eigenvalue weighted by Crippen LogP contribution is 2.26. The summed E-state index contributed by atoms with van der Waals surface area (Å²) in [6.45, 7) is 0.440. The summed E-state index contributed by atoms with van der Waals surface area (Å²) in [4.78, 5) is 11.1. The number of hydrogen-bond donors (Lipinski definition) is 2. The van der Waals surface area contributed by atoms with E-state index in [1.807, 2.05) is 0 Å². The first kappa shape index (κ1) is 15.7. The maximum absolute atomic E-state index is 12.5. The van der Waals surface area contributed by atoms with Crippen LogP contribution < -0.4 is 4.74 Å². The fourth-order valence-electron chi connectivity index (χ4n) is 2.25. The number of methoxy groups -OCH3 is 1. The molecule has 21 heavy (non-hydrogen) atoms. The standard InChI is InChI=1S/C13H17NO6S/c1-20-12-3-2-10(8-11(12)13(16)17)21(18,19)14-6-4-9(15)5-7-14/h2-3,8-9,15H,4-7H2,1H3,(H,16,17). The molecule has 1 fully saturated rings. The van der Waals surface area contributed by atoms with E-state index in [-0.39, 0.29) is 29.3 Å². The lowest BCUT2D eigenvalue weighted by Gasteiger charge is -2.28. The Hall–Kier alpha value is -1.64. The van der Waals surface area contributed by atoms with Gasteiger partial charge >= 0.3 is 5.97 Å². The van der Waals surface area contributed by atoms with Gasteiger partial charge in [0.05, 0.1) is 18.1 Å². The second kappa shape index (κ2) is 6.00. The minimum Gasteiger partial charge on any atom is -0.496 e. The lowest BCUT2D eigenvalue weighted by Crippen LogP contribution is -2.40. The number of hydrogen-bond acceptors (Lipinski definition) is 5. The zero-order valence-electron chi connectivity index (χ0n) is 11.5. The highest BCUT2D eigenvalue weighted by Gasteiger charge is 2.29. The lowest BCUT2D eigenvalue weighted by atomic mass is 10.1. The summed E-state index contributed by atoms with van der Waals surface area (Å²) in [5.74, 6) is -1.14. The maximum Gasteiger partial charge on any atom is 0.339 e. The topological polar surface area (TPSA) is 104 Å². The number of aliphatic hydroxyl groups is 1. The van der Waals surface area contributed by atoms with Gasteiger partial charge in [-0.05, 0) is 31.0 Å². The zero-order valence-corrected chi connectivity index (χ0v) is 12.3. The SMILES string of the molecule is COc1ccc(S(=O)(=O)N2CCC(O)CC2)cc1C(=O)O. The van der Waals surface area contributed by atoms with Crippen molar-refractivity contribution in [1.82, 2.24) is 4.31 Å². The number of carboxylic acids is 1. The number of aliphatic hydroxyl groups excluding tert-OH is 1. The summed E-state index contributed by atoms with van der Waals surface area (Å²) in [7, 11) is -2.44. The summed E-state index contributed by atoms with van der Waals surface area (Å²) >= 11 is 0. The number of carbonyl (C=O) groups is 1. The second-order valence-electron chi connectivity index (χ2n) is 4.80. The van der Waals surface area contributed by atoms with E-state index in [4.69, 9.17) is 9.84 Å². The maximum atomic E-state index is 12.5. The van der Waals surface area contributed by atoms with Gasteiger partial charge in [0.25, 0.3) is 0 Å². The number of sulfonamides is 1. The molecular formula is C13H17NO6S. The minimum atomic E-state index is -3.76. The third kappa shape index (κ3) is 3.17. The van der Waals surface area contributed by atoms with E-state index >= 15 is 0 Å². The Kier molecular flexibility index (Phi) is 4.50. The highest BCUT2D eigenvalue weighted by atomic mass is 32.2. The molecule has 1 aromatic carbocycles. The normalized spacial score (nSPS) is 17.6. The van der Waals surface area contributed by atoms with Crippen LogP contribution >= 0.6 is 0 Å². The van der Waals surface area contributed by atoms with Gasteiger partial charge in [0.2, 0.25) is 10.0 Å². The number of aromatic carboxylic acids is 1. The Morgan fingerprint density at radius 2 is 1.95 bits per heavy atom. The molecule has 1 aromatic rings. The van der Waals surface area contributed by atoms with Gasteiger partial charge in [0, 0.05) is 13.1 Å². The first-order valence-electron chi connectivity index (χ1n) is 6.46. The number of benzene rings is 1. The van der Waals surface area contributed by atoms with Crippen LogP contribution in [0.2, 0.25) is 0 Å². The Bertz CT molecular complexity index is 634. The van der Waals surface area contributed by atoms with Crippen LogP contribution in [0.4, 0.5) is 0 Å². The van der Waals surface area contributed by atoms with Crippen molar-refractivity contribution in [3.8, 4) is 5.75 Å². The van der Waals surface area contributed by atoms with Crippen molar-refractivity contribution >= 4 is 16.0 Å². The zero-order chi connectivity index (χ0) is 15.6. The lowest BCUT2D eigenvalue weighted by molar-refractivity contribution is 0.0693. The molecule has 0 aliphatic carbocycles. The fourth-order valence-corrected chi connectivity index (χ4v) is 3.74. The monoisotopic (exact) mass is 315 g/mol. The van der Waals surface area contributed by atoms with Crippen molar-refractivity contribution in [1.29, 1.82) is 0 Å². The molecule has 0 amide bonds. The molecule has 0 saturated carbocycles. The highest BCUT2D eigenvalue weighted by molar-refractivity contribution is 7.89. The van der Waals surface area contributed by atoms with Gasteiger partial charge in [-0.2, -0.15) is 4.31 Å². The summed E-state index contributed by atoms with van der Waals surface area (Å²) < 4.78 is 31.1. The van der Waals surface area contributed by atoms with Gasteiger partial charge in [-0.3, -0.25) is 0 Å². The Morgan fingerprint density at radius 3 is 2.48 bits per heavy atom. The molecule has 0 radical (unpaired) electrons. The fraction of sp³-hybridized carbons (Fsp3) is 0.462. The third-order valence-electron chi connectivity index (χ3n) is 3.46. The van der Waals surface area contributed by atoms with Gasteiger partial charge in [-0.1, -0.05) is 0 Å². The predicted molar refractivity (Wildman–Crippen MR) is 74.0 cm³/mol. The molecule has 0 unspecified atom stereocenters.